The molecule has 1 aromatic heterocycles. The number of aromatic carboxylic acids is 1. The van der Waals surface area contributed by atoms with Gasteiger partial charge in [0.25, 0.3) is 0 Å². The van der Waals surface area contributed by atoms with E-state index in [9.17, 15) is 9.00 Å². The Hall–Kier alpha value is -1.82. The van der Waals surface area contributed by atoms with E-state index in [-0.39, 0.29) is 5.76 Å². The molecule has 0 amide bonds. The lowest BCUT2D eigenvalue weighted by atomic mass is 10.2. The molecule has 0 saturated heterocycles. The van der Waals surface area contributed by atoms with Crippen LogP contribution >= 0.6 is 0 Å². The molecule has 0 aliphatic rings. The van der Waals surface area contributed by atoms with Gasteiger partial charge in [-0.2, -0.15) is 0 Å². The topological polar surface area (TPSA) is 79.9 Å². The first-order valence-electron chi connectivity index (χ1n) is 5.39. The van der Waals surface area contributed by atoms with E-state index in [1.54, 1.807) is 24.5 Å². The first-order valence-corrected chi connectivity index (χ1v) is 7.31. The van der Waals surface area contributed by atoms with Gasteiger partial charge in [-0.1, -0.05) is 0 Å². The minimum Gasteiger partial charge on any atom is -0.475 e. The van der Waals surface area contributed by atoms with E-state index in [1.807, 2.05) is 6.92 Å². The maximum Gasteiger partial charge on any atom is 0.371 e. The maximum absolute atomic E-state index is 12.3. The normalized spacial score (nSPS) is 14.3. The molecule has 6 heteroatoms. The van der Waals surface area contributed by atoms with Gasteiger partial charge in [0.15, 0.2) is 0 Å². The van der Waals surface area contributed by atoms with Crippen LogP contribution in [-0.2, 0) is 9.73 Å². The van der Waals surface area contributed by atoms with Crippen molar-refractivity contribution in [2.75, 3.05) is 12.8 Å². The predicted octanol–water partition coefficient (Wildman–Crippen LogP) is 2.61. The number of rotatable bonds is 3. The Labute approximate surface area is 105 Å². The average Bonchev–Trinajstić information content (AvgIpc) is 2.71. The molecule has 0 fully saturated rings. The second kappa shape index (κ2) is 4.45. The summed E-state index contributed by atoms with van der Waals surface area (Å²) >= 11 is 0. The second-order valence-corrected chi connectivity index (χ2v) is 6.20. The Kier molecular flexibility index (Phi) is 3.13. The molecule has 1 atom stereocenters. The summed E-state index contributed by atoms with van der Waals surface area (Å²) in [6.45, 7) is 2.29. The molecular weight excluding hydrogens is 254 g/mol. The summed E-state index contributed by atoms with van der Waals surface area (Å²) in [5, 5.41) is 9.45. The van der Waals surface area contributed by atoms with Crippen molar-refractivity contribution in [3.8, 4) is 0 Å². The number of furan rings is 1. The van der Waals surface area contributed by atoms with E-state index in [0.717, 1.165) is 0 Å². The number of fused-ring (bicyclic) bond motifs is 1. The fourth-order valence-electron chi connectivity index (χ4n) is 1.68. The van der Waals surface area contributed by atoms with Crippen molar-refractivity contribution in [2.45, 2.75) is 11.8 Å². The summed E-state index contributed by atoms with van der Waals surface area (Å²) in [6, 6.07) is 6.35. The molecule has 1 unspecified atom stereocenters. The molecule has 2 rings (SSSR count). The van der Waals surface area contributed by atoms with E-state index in [2.05, 4.69) is 4.36 Å². The maximum atomic E-state index is 12.3. The average molecular weight is 267 g/mol. The Morgan fingerprint density at radius 2 is 2.17 bits per heavy atom. The van der Waals surface area contributed by atoms with Crippen LogP contribution in [0.4, 0.5) is 0 Å². The predicted molar refractivity (Wildman–Crippen MR) is 68.5 cm³/mol. The third-order valence-electron chi connectivity index (χ3n) is 2.51. The monoisotopic (exact) mass is 267 g/mol. The number of carboxylic acid groups (broad SMARTS) is 1. The van der Waals surface area contributed by atoms with Crippen molar-refractivity contribution in [3.05, 3.63) is 30.0 Å². The number of carbonyl (C=O) groups is 1. The minimum absolute atomic E-state index is 0.128. The summed E-state index contributed by atoms with van der Waals surface area (Å²) in [4.78, 5) is 11.4. The third-order valence-corrected chi connectivity index (χ3v) is 4.39. The Balaban J connectivity index is 2.61. The minimum atomic E-state index is -2.43. The largest absolute Gasteiger partial charge is 0.475 e. The van der Waals surface area contributed by atoms with Crippen LogP contribution < -0.4 is 0 Å². The first kappa shape index (κ1) is 12.6. The van der Waals surface area contributed by atoms with Gasteiger partial charge in [0.1, 0.15) is 5.58 Å². The van der Waals surface area contributed by atoms with Crippen molar-refractivity contribution in [3.63, 3.8) is 0 Å². The third kappa shape index (κ3) is 2.24. The van der Waals surface area contributed by atoms with Crippen molar-refractivity contribution in [1.29, 1.82) is 0 Å². The molecule has 1 aromatic carbocycles. The summed E-state index contributed by atoms with van der Waals surface area (Å²) in [7, 11) is -2.43. The lowest BCUT2D eigenvalue weighted by molar-refractivity contribution is 0.0665. The summed E-state index contributed by atoms with van der Waals surface area (Å²) < 4.78 is 21.4. The lowest BCUT2D eigenvalue weighted by Crippen LogP contribution is -1.97. The van der Waals surface area contributed by atoms with Crippen molar-refractivity contribution >= 4 is 26.7 Å². The Bertz CT molecular complexity index is 723. The van der Waals surface area contributed by atoms with E-state index in [0.29, 0.717) is 22.4 Å². The molecular formula is C12H13NO4S. The van der Waals surface area contributed by atoms with Crippen LogP contribution in [0.2, 0.25) is 0 Å². The zero-order chi connectivity index (χ0) is 13.3. The van der Waals surface area contributed by atoms with Gasteiger partial charge in [-0.25, -0.2) is 13.4 Å². The summed E-state index contributed by atoms with van der Waals surface area (Å²) in [5.41, 5.74) is 0.461. The highest BCUT2D eigenvalue weighted by molar-refractivity contribution is 7.93. The van der Waals surface area contributed by atoms with Crippen molar-refractivity contribution < 1.29 is 18.5 Å². The van der Waals surface area contributed by atoms with Crippen LogP contribution in [0.25, 0.3) is 11.0 Å². The van der Waals surface area contributed by atoms with Gasteiger partial charge in [0.2, 0.25) is 5.76 Å². The molecule has 2 aromatic rings. The highest BCUT2D eigenvalue weighted by Gasteiger charge is 2.12. The molecule has 0 bridgehead atoms. The smallest absolute Gasteiger partial charge is 0.371 e. The molecule has 0 aliphatic carbocycles. The van der Waals surface area contributed by atoms with Gasteiger partial charge in [0.05, 0.1) is 9.73 Å². The first-order chi connectivity index (χ1) is 8.44. The quantitative estimate of drug-likeness (QED) is 0.926. The van der Waals surface area contributed by atoms with Gasteiger partial charge in [-0.3, -0.25) is 0 Å². The van der Waals surface area contributed by atoms with Crippen LogP contribution in [0.15, 0.2) is 37.9 Å². The molecule has 0 saturated carbocycles. The number of benzene rings is 1. The van der Waals surface area contributed by atoms with Gasteiger partial charge < -0.3 is 9.52 Å². The standard InChI is InChI=1S/C12H13NO4S/c1-3-13-18(2,16)9-4-5-10-8(6-9)7-11(17-10)12(14)15/h4-7H,3H2,1-2H3,(H,14,15). The number of hydrogen-bond acceptors (Lipinski definition) is 4. The summed E-state index contributed by atoms with van der Waals surface area (Å²) in [6.07, 6.45) is 1.57. The SMILES string of the molecule is CCN=S(C)(=O)c1ccc2oc(C(=O)O)cc2c1. The Morgan fingerprint density at radius 1 is 1.44 bits per heavy atom. The molecule has 1 heterocycles. The van der Waals surface area contributed by atoms with Crippen LogP contribution in [-0.4, -0.2) is 28.1 Å². The van der Waals surface area contributed by atoms with E-state index < -0.39 is 15.7 Å². The Morgan fingerprint density at radius 3 is 2.78 bits per heavy atom. The van der Waals surface area contributed by atoms with Gasteiger partial charge in [-0.15, -0.1) is 0 Å². The van der Waals surface area contributed by atoms with Crippen LogP contribution in [0, 0.1) is 0 Å². The van der Waals surface area contributed by atoms with Gasteiger partial charge in [0, 0.05) is 23.1 Å². The molecule has 0 radical (unpaired) electrons. The lowest BCUT2D eigenvalue weighted by Gasteiger charge is -2.03. The highest BCUT2D eigenvalue weighted by atomic mass is 32.2. The van der Waals surface area contributed by atoms with Crippen LogP contribution in [0.1, 0.15) is 17.5 Å². The molecule has 96 valence electrons. The molecule has 18 heavy (non-hydrogen) atoms. The number of hydrogen-bond donors (Lipinski definition) is 1. The fraction of sp³-hybridized carbons (Fsp3) is 0.250. The fourth-order valence-corrected chi connectivity index (χ4v) is 2.99. The van der Waals surface area contributed by atoms with E-state index in [1.165, 1.54) is 6.07 Å². The zero-order valence-electron chi connectivity index (χ0n) is 10.0. The molecule has 5 nitrogen and oxygen atoms in total. The van der Waals surface area contributed by atoms with Gasteiger partial charge >= 0.3 is 5.97 Å². The van der Waals surface area contributed by atoms with Gasteiger partial charge in [-0.05, 0) is 31.2 Å². The van der Waals surface area contributed by atoms with E-state index in [4.69, 9.17) is 9.52 Å². The zero-order valence-corrected chi connectivity index (χ0v) is 10.9. The molecule has 1 N–H and O–H groups in total. The second-order valence-electron chi connectivity index (χ2n) is 3.86. The number of nitrogens with zero attached hydrogens (tertiary/aromatic N) is 1. The van der Waals surface area contributed by atoms with Crippen molar-refractivity contribution in [2.24, 2.45) is 4.36 Å². The van der Waals surface area contributed by atoms with Crippen LogP contribution in [0.3, 0.4) is 0 Å². The van der Waals surface area contributed by atoms with Crippen molar-refractivity contribution in [1.82, 2.24) is 0 Å². The summed E-state index contributed by atoms with van der Waals surface area (Å²) in [5.74, 6) is -1.25. The van der Waals surface area contributed by atoms with Crippen LogP contribution in [0.5, 0.6) is 0 Å². The molecule has 0 aliphatic heterocycles. The molecule has 0 spiro atoms. The number of carboxylic acids is 1. The highest BCUT2D eigenvalue weighted by Crippen LogP contribution is 2.23. The van der Waals surface area contributed by atoms with E-state index >= 15 is 0 Å².